The number of rotatable bonds is 4. The summed E-state index contributed by atoms with van der Waals surface area (Å²) in [5.74, 6) is -0.0564. The molecule has 0 saturated heterocycles. The molecule has 0 unspecified atom stereocenters. The van der Waals surface area contributed by atoms with Crippen molar-refractivity contribution in [2.75, 3.05) is 13.4 Å². The molecule has 1 aromatic rings. The molecule has 0 heterocycles. The van der Waals surface area contributed by atoms with E-state index >= 15 is 0 Å². The van der Waals surface area contributed by atoms with Gasteiger partial charge in [-0.05, 0) is 19.1 Å². The molecule has 0 aliphatic carbocycles. The molecule has 0 N–H and O–H groups in total. The van der Waals surface area contributed by atoms with E-state index in [1.807, 2.05) is 0 Å². The lowest BCUT2D eigenvalue weighted by Gasteiger charge is -2.10. The number of hydrogen-bond acceptors (Lipinski definition) is 5. The third-order valence-corrected chi connectivity index (χ3v) is 2.28. The van der Waals surface area contributed by atoms with Crippen molar-refractivity contribution in [1.29, 1.82) is 0 Å². The predicted octanol–water partition coefficient (Wildman–Crippen LogP) is 1.24. The minimum Gasteiger partial charge on any atom is -0.496 e. The van der Waals surface area contributed by atoms with Gasteiger partial charge in [0.25, 0.3) is 0 Å². The van der Waals surface area contributed by atoms with Crippen LogP contribution in [0.4, 0.5) is 0 Å². The summed E-state index contributed by atoms with van der Waals surface area (Å²) in [4.78, 5) is 11.4. The largest absolute Gasteiger partial charge is 0.496 e. The molecule has 1 aromatic carbocycles. The summed E-state index contributed by atoms with van der Waals surface area (Å²) in [6, 6.07) is 4.51. The van der Waals surface area contributed by atoms with Crippen molar-refractivity contribution in [2.45, 2.75) is 6.92 Å². The van der Waals surface area contributed by atoms with Crippen LogP contribution in [0.3, 0.4) is 0 Å². The molecule has 0 radical (unpaired) electrons. The zero-order chi connectivity index (χ0) is 12.3. The third-order valence-electron chi connectivity index (χ3n) is 1.80. The van der Waals surface area contributed by atoms with E-state index in [9.17, 15) is 13.2 Å². The van der Waals surface area contributed by atoms with E-state index in [0.29, 0.717) is 0 Å². The molecular weight excluding hydrogens is 232 g/mol. The Morgan fingerprint density at radius 1 is 1.25 bits per heavy atom. The highest BCUT2D eigenvalue weighted by Gasteiger charge is 2.17. The summed E-state index contributed by atoms with van der Waals surface area (Å²) < 4.78 is 31.7. The highest BCUT2D eigenvalue weighted by Crippen LogP contribution is 2.29. The Morgan fingerprint density at radius 3 is 2.25 bits per heavy atom. The Labute approximate surface area is 94.1 Å². The van der Waals surface area contributed by atoms with Gasteiger partial charge in [-0.15, -0.1) is 0 Å². The third kappa shape index (κ3) is 2.96. The maximum absolute atomic E-state index is 11.4. The summed E-state index contributed by atoms with van der Waals surface area (Å²) in [5, 5.41) is 0. The monoisotopic (exact) mass is 244 g/mol. The number of methoxy groups -OCH3 is 1. The summed E-state index contributed by atoms with van der Waals surface area (Å²) >= 11 is 0. The quantitative estimate of drug-likeness (QED) is 0.588. The molecule has 88 valence electrons. The van der Waals surface area contributed by atoms with E-state index in [-0.39, 0.29) is 22.8 Å². The number of carbonyl (C=O) groups excluding carboxylic acids is 1. The second-order valence-corrected chi connectivity index (χ2v) is 4.75. The molecule has 5 nitrogen and oxygen atoms in total. The summed E-state index contributed by atoms with van der Waals surface area (Å²) in [5.41, 5.74) is 0.121. The van der Waals surface area contributed by atoms with Gasteiger partial charge in [0, 0.05) is 0 Å². The topological polar surface area (TPSA) is 69.7 Å². The number of ether oxygens (including phenoxy) is 1. The van der Waals surface area contributed by atoms with Crippen LogP contribution in [0.15, 0.2) is 18.2 Å². The molecule has 0 aromatic heterocycles. The summed E-state index contributed by atoms with van der Waals surface area (Å²) in [7, 11) is -2.27. The smallest absolute Gasteiger partial charge is 0.306 e. The molecule has 6 heteroatoms. The molecule has 0 spiro atoms. The zero-order valence-electron chi connectivity index (χ0n) is 9.18. The van der Waals surface area contributed by atoms with Crippen LogP contribution in [0.25, 0.3) is 0 Å². The van der Waals surface area contributed by atoms with Gasteiger partial charge < -0.3 is 8.92 Å². The van der Waals surface area contributed by atoms with Gasteiger partial charge in [0.1, 0.15) is 11.3 Å². The normalized spacial score (nSPS) is 10.9. The fraction of sp³-hybridized carbons (Fsp3) is 0.300. The van der Waals surface area contributed by atoms with Crippen molar-refractivity contribution in [2.24, 2.45) is 0 Å². The molecule has 16 heavy (non-hydrogen) atoms. The van der Waals surface area contributed by atoms with Gasteiger partial charge in [-0.3, -0.25) is 4.79 Å². The number of Topliss-reactive ketones (excluding diaryl/α,β-unsaturated/α-hetero) is 1. The van der Waals surface area contributed by atoms with Crippen molar-refractivity contribution in [3.8, 4) is 11.5 Å². The molecule has 0 amide bonds. The molecule has 0 bridgehead atoms. The standard InChI is InChI=1S/C10H12O5S/c1-7(11)10-8(14-2)5-4-6-9(10)15-16(3,12)13/h4-6H,1-3H3. The van der Waals surface area contributed by atoms with Crippen LogP contribution in [0.2, 0.25) is 0 Å². The maximum Gasteiger partial charge on any atom is 0.306 e. The first-order chi connectivity index (χ1) is 7.35. The van der Waals surface area contributed by atoms with Crippen molar-refractivity contribution < 1.29 is 22.1 Å². The van der Waals surface area contributed by atoms with E-state index in [1.165, 1.54) is 20.1 Å². The summed E-state index contributed by atoms with van der Waals surface area (Å²) in [6.07, 6.45) is 0.913. The first-order valence-corrected chi connectivity index (χ1v) is 6.24. The molecule has 0 aliphatic rings. The van der Waals surface area contributed by atoms with Crippen LogP contribution in [-0.2, 0) is 10.1 Å². The lowest BCUT2D eigenvalue weighted by Crippen LogP contribution is -2.09. The summed E-state index contributed by atoms with van der Waals surface area (Å²) in [6.45, 7) is 1.31. The molecular formula is C10H12O5S. The van der Waals surface area contributed by atoms with E-state index in [0.717, 1.165) is 6.26 Å². The van der Waals surface area contributed by atoms with E-state index in [4.69, 9.17) is 8.92 Å². The van der Waals surface area contributed by atoms with Crippen molar-refractivity contribution in [1.82, 2.24) is 0 Å². The second kappa shape index (κ2) is 4.52. The molecule has 0 atom stereocenters. The number of hydrogen-bond donors (Lipinski definition) is 0. The van der Waals surface area contributed by atoms with Crippen molar-refractivity contribution in [3.63, 3.8) is 0 Å². The SMILES string of the molecule is COc1cccc(OS(C)(=O)=O)c1C(C)=O. The van der Waals surface area contributed by atoms with Gasteiger partial charge in [-0.2, -0.15) is 8.42 Å². The molecule has 0 saturated carbocycles. The number of ketones is 1. The van der Waals surface area contributed by atoms with Crippen LogP contribution < -0.4 is 8.92 Å². The predicted molar refractivity (Wildman–Crippen MR) is 58.5 cm³/mol. The highest BCUT2D eigenvalue weighted by atomic mass is 32.2. The fourth-order valence-corrected chi connectivity index (χ4v) is 1.73. The first kappa shape index (κ1) is 12.5. The van der Waals surface area contributed by atoms with E-state index in [2.05, 4.69) is 0 Å². The van der Waals surface area contributed by atoms with Gasteiger partial charge in [-0.1, -0.05) is 6.07 Å². The van der Waals surface area contributed by atoms with Gasteiger partial charge in [0.2, 0.25) is 0 Å². The average molecular weight is 244 g/mol. The number of carbonyl (C=O) groups is 1. The Hall–Kier alpha value is -1.56. The second-order valence-electron chi connectivity index (χ2n) is 3.18. The minimum absolute atomic E-state index is 0.0191. The van der Waals surface area contributed by atoms with Crippen LogP contribution in [0, 0.1) is 0 Å². The van der Waals surface area contributed by atoms with Crippen LogP contribution in [0.5, 0.6) is 11.5 Å². The van der Waals surface area contributed by atoms with Crippen LogP contribution >= 0.6 is 0 Å². The Balaban J connectivity index is 3.33. The Kier molecular flexibility index (Phi) is 3.54. The first-order valence-electron chi connectivity index (χ1n) is 4.42. The lowest BCUT2D eigenvalue weighted by molar-refractivity contribution is 0.101. The van der Waals surface area contributed by atoms with Crippen LogP contribution in [-0.4, -0.2) is 27.6 Å². The van der Waals surface area contributed by atoms with Crippen molar-refractivity contribution >= 4 is 15.9 Å². The minimum atomic E-state index is -3.67. The molecule has 0 fully saturated rings. The van der Waals surface area contributed by atoms with Crippen molar-refractivity contribution in [3.05, 3.63) is 23.8 Å². The average Bonchev–Trinajstić information content (AvgIpc) is 2.14. The fourth-order valence-electron chi connectivity index (χ4n) is 1.26. The van der Waals surface area contributed by atoms with E-state index < -0.39 is 10.1 Å². The Morgan fingerprint density at radius 2 is 1.81 bits per heavy atom. The zero-order valence-corrected chi connectivity index (χ0v) is 10.00. The van der Waals surface area contributed by atoms with Gasteiger partial charge in [-0.25, -0.2) is 0 Å². The van der Waals surface area contributed by atoms with Gasteiger partial charge in [0.15, 0.2) is 11.5 Å². The Bertz CT molecular complexity index is 504. The van der Waals surface area contributed by atoms with Gasteiger partial charge in [0.05, 0.1) is 13.4 Å². The molecule has 1 rings (SSSR count). The number of benzene rings is 1. The molecule has 0 aliphatic heterocycles. The lowest BCUT2D eigenvalue weighted by atomic mass is 10.1. The van der Waals surface area contributed by atoms with E-state index in [1.54, 1.807) is 12.1 Å². The maximum atomic E-state index is 11.4. The van der Waals surface area contributed by atoms with Gasteiger partial charge >= 0.3 is 10.1 Å². The van der Waals surface area contributed by atoms with Crippen LogP contribution in [0.1, 0.15) is 17.3 Å². The highest BCUT2D eigenvalue weighted by molar-refractivity contribution is 7.86.